The van der Waals surface area contributed by atoms with Gasteiger partial charge in [-0.25, -0.2) is 8.42 Å². The smallest absolute Gasteiger partial charge is 0.252 e. The predicted octanol–water partition coefficient (Wildman–Crippen LogP) is 3.22. The minimum absolute atomic E-state index is 0.205. The largest absolute Gasteiger partial charge is 0.365 e. The van der Waals surface area contributed by atoms with Gasteiger partial charge in [0.2, 0.25) is 5.91 Å². The van der Waals surface area contributed by atoms with Crippen LogP contribution in [0.15, 0.2) is 16.3 Å². The lowest BCUT2D eigenvalue weighted by molar-refractivity contribution is -0.120. The molecule has 3 N–H and O–H groups in total. The predicted molar refractivity (Wildman–Crippen MR) is 112 cm³/mol. The number of nitrogens with zero attached hydrogens (tertiary/aromatic N) is 1. The Labute approximate surface area is 176 Å². The maximum Gasteiger partial charge on any atom is 0.252 e. The molecule has 0 spiro atoms. The van der Waals surface area contributed by atoms with Crippen LogP contribution in [0.1, 0.15) is 33.6 Å². The van der Waals surface area contributed by atoms with E-state index >= 15 is 0 Å². The molecule has 2 aromatic heterocycles. The summed E-state index contributed by atoms with van der Waals surface area (Å²) in [6.45, 7) is 4.16. The number of piperidine rings is 1. The Morgan fingerprint density at radius 1 is 1.21 bits per heavy atom. The highest BCUT2D eigenvalue weighted by atomic mass is 35.5. The van der Waals surface area contributed by atoms with Crippen LogP contribution in [0, 0.1) is 19.8 Å². The number of hydrogen-bond acceptors (Lipinski definition) is 6. The third kappa shape index (κ3) is 4.11. The first-order chi connectivity index (χ1) is 13.1. The van der Waals surface area contributed by atoms with Crippen LogP contribution in [0.25, 0.3) is 0 Å². The number of anilines is 1. The fourth-order valence-corrected chi connectivity index (χ4v) is 7.32. The second-order valence-electron chi connectivity index (χ2n) is 6.58. The molecule has 0 radical (unpaired) electrons. The lowest BCUT2D eigenvalue weighted by atomic mass is 9.97. The van der Waals surface area contributed by atoms with Gasteiger partial charge in [-0.2, -0.15) is 4.31 Å². The number of halogens is 1. The molecule has 0 atom stereocenters. The zero-order valence-corrected chi connectivity index (χ0v) is 18.5. The lowest BCUT2D eigenvalue weighted by Gasteiger charge is -2.30. The molecule has 1 saturated heterocycles. The Morgan fingerprint density at radius 3 is 2.39 bits per heavy atom. The van der Waals surface area contributed by atoms with Gasteiger partial charge in [-0.15, -0.1) is 22.7 Å². The number of nitrogens with one attached hydrogen (secondary N) is 1. The summed E-state index contributed by atoms with van der Waals surface area (Å²) in [5, 5.41) is 3.26. The van der Waals surface area contributed by atoms with Crippen LogP contribution in [-0.4, -0.2) is 37.6 Å². The van der Waals surface area contributed by atoms with Crippen molar-refractivity contribution in [1.29, 1.82) is 0 Å². The number of amides is 2. The average Bonchev–Trinajstić information content (AvgIpc) is 3.19. The minimum Gasteiger partial charge on any atom is -0.365 e. The molecule has 28 heavy (non-hydrogen) atoms. The van der Waals surface area contributed by atoms with Gasteiger partial charge in [-0.1, -0.05) is 11.6 Å². The number of aryl methyl sites for hydroxylation is 1. The lowest BCUT2D eigenvalue weighted by Crippen LogP contribution is -2.41. The van der Waals surface area contributed by atoms with Gasteiger partial charge in [0.15, 0.2) is 0 Å². The first kappa shape index (κ1) is 21.3. The topological polar surface area (TPSA) is 110 Å². The van der Waals surface area contributed by atoms with E-state index in [1.807, 2.05) is 6.92 Å². The van der Waals surface area contributed by atoms with Crippen LogP contribution < -0.4 is 11.1 Å². The molecule has 0 aromatic carbocycles. The molecular weight excluding hydrogens is 442 g/mol. The molecule has 1 aliphatic heterocycles. The molecular formula is C17H20ClN3O4S3. The molecule has 7 nitrogen and oxygen atoms in total. The summed E-state index contributed by atoms with van der Waals surface area (Å²) >= 11 is 8.18. The van der Waals surface area contributed by atoms with Gasteiger partial charge < -0.3 is 11.1 Å². The molecule has 2 aromatic rings. The quantitative estimate of drug-likeness (QED) is 0.712. The Bertz CT molecular complexity index is 1020. The second-order valence-corrected chi connectivity index (χ2v) is 11.7. The molecule has 0 bridgehead atoms. The number of carbonyl (C=O) groups excluding carboxylic acids is 2. The zero-order valence-electron chi connectivity index (χ0n) is 15.3. The van der Waals surface area contributed by atoms with Crippen LogP contribution in [-0.2, 0) is 14.8 Å². The molecule has 1 fully saturated rings. The highest BCUT2D eigenvalue weighted by Crippen LogP contribution is 2.34. The van der Waals surface area contributed by atoms with E-state index in [-0.39, 0.29) is 29.1 Å². The van der Waals surface area contributed by atoms with Crippen molar-refractivity contribution < 1.29 is 18.0 Å². The van der Waals surface area contributed by atoms with Gasteiger partial charge in [-0.05, 0) is 44.4 Å². The third-order valence-electron chi connectivity index (χ3n) is 4.84. The Morgan fingerprint density at radius 2 is 1.86 bits per heavy atom. The van der Waals surface area contributed by atoms with E-state index in [0.29, 0.717) is 27.7 Å². The number of nitrogens with two attached hydrogens (primary N) is 1. The maximum absolute atomic E-state index is 12.7. The number of thiophene rings is 2. The maximum atomic E-state index is 12.7. The summed E-state index contributed by atoms with van der Waals surface area (Å²) in [5.41, 5.74) is 6.55. The van der Waals surface area contributed by atoms with Crippen LogP contribution in [0.4, 0.5) is 5.00 Å². The fraction of sp³-hybridized carbons (Fsp3) is 0.412. The number of hydrogen-bond donors (Lipinski definition) is 2. The van der Waals surface area contributed by atoms with Crippen molar-refractivity contribution in [1.82, 2.24) is 4.31 Å². The van der Waals surface area contributed by atoms with E-state index in [1.165, 1.54) is 21.7 Å². The van der Waals surface area contributed by atoms with Gasteiger partial charge in [0.05, 0.1) is 9.90 Å². The molecule has 0 aliphatic carbocycles. The van der Waals surface area contributed by atoms with Gasteiger partial charge in [0.25, 0.3) is 15.9 Å². The number of primary amides is 1. The van der Waals surface area contributed by atoms with Crippen molar-refractivity contribution in [3.8, 4) is 0 Å². The van der Waals surface area contributed by atoms with E-state index in [4.69, 9.17) is 17.3 Å². The highest BCUT2D eigenvalue weighted by Gasteiger charge is 2.33. The normalized spacial score (nSPS) is 16.2. The second kappa shape index (κ2) is 8.11. The number of carbonyl (C=O) groups is 2. The molecule has 1 aliphatic rings. The van der Waals surface area contributed by atoms with Crippen molar-refractivity contribution in [2.24, 2.45) is 11.7 Å². The van der Waals surface area contributed by atoms with Crippen LogP contribution in [0.2, 0.25) is 4.34 Å². The summed E-state index contributed by atoms with van der Waals surface area (Å²) in [4.78, 5) is 25.3. The highest BCUT2D eigenvalue weighted by molar-refractivity contribution is 7.91. The molecule has 152 valence electrons. The summed E-state index contributed by atoms with van der Waals surface area (Å²) in [6.07, 6.45) is 0.804. The van der Waals surface area contributed by atoms with Crippen molar-refractivity contribution in [3.05, 3.63) is 32.5 Å². The average molecular weight is 462 g/mol. The van der Waals surface area contributed by atoms with Crippen molar-refractivity contribution >= 4 is 61.1 Å². The molecule has 0 unspecified atom stereocenters. The van der Waals surface area contributed by atoms with E-state index in [9.17, 15) is 18.0 Å². The molecule has 2 amide bonds. The summed E-state index contributed by atoms with van der Waals surface area (Å²) < 4.78 is 27.3. The monoisotopic (exact) mass is 461 g/mol. The molecule has 11 heteroatoms. The van der Waals surface area contributed by atoms with Crippen molar-refractivity contribution in [3.63, 3.8) is 0 Å². The van der Waals surface area contributed by atoms with Crippen LogP contribution >= 0.6 is 34.3 Å². The van der Waals surface area contributed by atoms with Crippen molar-refractivity contribution in [2.75, 3.05) is 18.4 Å². The Balaban J connectivity index is 1.66. The van der Waals surface area contributed by atoms with Crippen LogP contribution in [0.3, 0.4) is 0 Å². The minimum atomic E-state index is -3.59. The van der Waals surface area contributed by atoms with Gasteiger partial charge >= 0.3 is 0 Å². The zero-order chi connectivity index (χ0) is 20.6. The van der Waals surface area contributed by atoms with Crippen molar-refractivity contribution in [2.45, 2.75) is 30.9 Å². The van der Waals surface area contributed by atoms with Crippen LogP contribution in [0.5, 0.6) is 0 Å². The van der Waals surface area contributed by atoms with E-state index < -0.39 is 15.9 Å². The van der Waals surface area contributed by atoms with E-state index in [2.05, 4.69) is 5.32 Å². The van der Waals surface area contributed by atoms with E-state index in [0.717, 1.165) is 21.8 Å². The fourth-order valence-electron chi connectivity index (χ4n) is 3.15. The molecule has 3 heterocycles. The molecule has 0 saturated carbocycles. The standard InChI is InChI=1S/C17H20ClN3O4S3/c1-9-10(2)26-17(14(9)15(19)22)20-16(23)11-5-7-21(8-6-11)28(24,25)13-4-3-12(18)27-13/h3-4,11H,5-8H2,1-2H3,(H2,19,22)(H,20,23). The summed E-state index contributed by atoms with van der Waals surface area (Å²) in [6, 6.07) is 3.05. The SMILES string of the molecule is Cc1sc(NC(=O)C2CCN(S(=O)(=O)c3ccc(Cl)s3)CC2)c(C(N)=O)c1C. The summed E-state index contributed by atoms with van der Waals surface area (Å²) in [7, 11) is -3.59. The number of rotatable bonds is 5. The Hall–Kier alpha value is -1.46. The number of sulfonamides is 1. The van der Waals surface area contributed by atoms with Gasteiger partial charge in [0.1, 0.15) is 9.21 Å². The Kier molecular flexibility index (Phi) is 6.16. The first-order valence-corrected chi connectivity index (χ1v) is 12.0. The molecule has 3 rings (SSSR count). The van der Waals surface area contributed by atoms with E-state index in [1.54, 1.807) is 13.0 Å². The first-order valence-electron chi connectivity index (χ1n) is 8.57. The van der Waals surface area contributed by atoms with Gasteiger partial charge in [-0.3, -0.25) is 9.59 Å². The van der Waals surface area contributed by atoms with Gasteiger partial charge in [0, 0.05) is 23.9 Å². The summed E-state index contributed by atoms with van der Waals surface area (Å²) in [5.74, 6) is -1.13. The third-order valence-corrected chi connectivity index (χ3v) is 9.56.